The molecule has 0 spiro atoms. The summed E-state index contributed by atoms with van der Waals surface area (Å²) in [6.07, 6.45) is 2.26. The van der Waals surface area contributed by atoms with Crippen LogP contribution in [0.5, 0.6) is 0 Å². The molecule has 0 unspecified atom stereocenters. The van der Waals surface area contributed by atoms with Gasteiger partial charge in [0.15, 0.2) is 0 Å². The second kappa shape index (κ2) is 5.35. The Morgan fingerprint density at radius 3 is 2.06 bits per heavy atom. The molecule has 1 saturated heterocycles. The van der Waals surface area contributed by atoms with E-state index in [4.69, 9.17) is 0 Å². The number of nitrogens with zero attached hydrogens (tertiary/aromatic N) is 1. The van der Waals surface area contributed by atoms with E-state index < -0.39 is 0 Å². The Morgan fingerprint density at radius 2 is 1.56 bits per heavy atom. The lowest BCUT2D eigenvalue weighted by molar-refractivity contribution is 0.589. The van der Waals surface area contributed by atoms with Gasteiger partial charge in [0.05, 0.1) is 0 Å². The fourth-order valence-electron chi connectivity index (χ4n) is 2.26. The molecule has 0 bridgehead atoms. The molecule has 2 rings (SSSR count). The van der Waals surface area contributed by atoms with E-state index in [0.29, 0.717) is 0 Å². The van der Waals surface area contributed by atoms with Crippen LogP contribution < -0.4 is 10.2 Å². The number of hydrogen-bond acceptors (Lipinski definition) is 2. The van der Waals surface area contributed by atoms with Crippen LogP contribution >= 0.6 is 0 Å². The van der Waals surface area contributed by atoms with Gasteiger partial charge >= 0.3 is 0 Å². The van der Waals surface area contributed by atoms with Crippen molar-refractivity contribution >= 4 is 5.69 Å². The molecule has 0 saturated carbocycles. The summed E-state index contributed by atoms with van der Waals surface area (Å²) in [5.74, 6) is 0. The molecule has 0 aliphatic carbocycles. The number of rotatable bonds is 3. The summed E-state index contributed by atoms with van der Waals surface area (Å²) in [4.78, 5) is 2.49. The predicted octanol–water partition coefficient (Wildman–Crippen LogP) is 2.22. The van der Waals surface area contributed by atoms with Crippen LogP contribution in [0.4, 0.5) is 5.69 Å². The van der Waals surface area contributed by atoms with Crippen molar-refractivity contribution in [2.75, 3.05) is 31.1 Å². The third-order valence-corrected chi connectivity index (χ3v) is 3.34. The van der Waals surface area contributed by atoms with Gasteiger partial charge in [-0.25, -0.2) is 0 Å². The molecule has 0 atom stereocenters. The quantitative estimate of drug-likeness (QED) is 0.837. The van der Waals surface area contributed by atoms with Crippen molar-refractivity contribution in [3.05, 3.63) is 29.3 Å². The monoisotopic (exact) mass is 218 g/mol. The Labute approximate surface area is 98.7 Å². The molecule has 2 nitrogen and oxygen atoms in total. The Hall–Kier alpha value is -1.02. The van der Waals surface area contributed by atoms with E-state index in [2.05, 4.69) is 42.3 Å². The van der Waals surface area contributed by atoms with Crippen LogP contribution in [0.1, 0.15) is 25.0 Å². The van der Waals surface area contributed by atoms with Crippen molar-refractivity contribution in [3.63, 3.8) is 0 Å². The van der Waals surface area contributed by atoms with E-state index >= 15 is 0 Å². The molecule has 1 aliphatic heterocycles. The van der Waals surface area contributed by atoms with Gasteiger partial charge in [-0.05, 0) is 36.1 Å². The van der Waals surface area contributed by atoms with E-state index in [0.717, 1.165) is 39.0 Å². The minimum absolute atomic E-state index is 1.11. The summed E-state index contributed by atoms with van der Waals surface area (Å²) in [5, 5.41) is 3.40. The van der Waals surface area contributed by atoms with Gasteiger partial charge in [-0.3, -0.25) is 0 Å². The van der Waals surface area contributed by atoms with Crippen LogP contribution in [-0.4, -0.2) is 26.2 Å². The molecule has 0 aromatic heterocycles. The summed E-state index contributed by atoms with van der Waals surface area (Å²) in [5.41, 5.74) is 4.35. The highest BCUT2D eigenvalue weighted by molar-refractivity contribution is 5.51. The van der Waals surface area contributed by atoms with Gasteiger partial charge in [-0.2, -0.15) is 0 Å². The fourth-order valence-corrected chi connectivity index (χ4v) is 2.26. The molecular formula is C14H22N2. The van der Waals surface area contributed by atoms with Crippen molar-refractivity contribution in [2.45, 2.75) is 26.7 Å². The zero-order valence-corrected chi connectivity index (χ0v) is 10.4. The average molecular weight is 218 g/mol. The molecule has 16 heavy (non-hydrogen) atoms. The molecule has 1 heterocycles. The maximum absolute atomic E-state index is 3.40. The van der Waals surface area contributed by atoms with Gasteiger partial charge in [-0.15, -0.1) is 0 Å². The van der Waals surface area contributed by atoms with E-state index in [1.807, 2.05) is 0 Å². The summed E-state index contributed by atoms with van der Waals surface area (Å²) >= 11 is 0. The van der Waals surface area contributed by atoms with Gasteiger partial charge in [0.1, 0.15) is 0 Å². The first kappa shape index (κ1) is 11.5. The molecule has 1 N–H and O–H groups in total. The summed E-state index contributed by atoms with van der Waals surface area (Å²) in [6, 6.07) is 7.04. The first-order valence-electron chi connectivity index (χ1n) is 6.42. The molecule has 1 aliphatic rings. The van der Waals surface area contributed by atoms with Crippen LogP contribution in [0.2, 0.25) is 0 Å². The van der Waals surface area contributed by atoms with E-state index in [9.17, 15) is 0 Å². The second-order valence-electron chi connectivity index (χ2n) is 4.45. The van der Waals surface area contributed by atoms with Crippen LogP contribution in [0.25, 0.3) is 0 Å². The standard InChI is InChI=1S/C14H22N2/c1-3-12-9-13(4-2)11-14(10-12)16-7-5-15-6-8-16/h9-11,15H,3-8H2,1-2H3. The molecular weight excluding hydrogens is 196 g/mol. The highest BCUT2D eigenvalue weighted by Gasteiger charge is 2.11. The molecule has 2 heteroatoms. The number of hydrogen-bond donors (Lipinski definition) is 1. The maximum atomic E-state index is 3.40. The van der Waals surface area contributed by atoms with Crippen LogP contribution in [0, 0.1) is 0 Å². The van der Waals surface area contributed by atoms with Crippen molar-refractivity contribution in [3.8, 4) is 0 Å². The number of anilines is 1. The molecule has 0 amide bonds. The highest BCUT2D eigenvalue weighted by Crippen LogP contribution is 2.20. The second-order valence-corrected chi connectivity index (χ2v) is 4.45. The predicted molar refractivity (Wildman–Crippen MR) is 70.3 cm³/mol. The van der Waals surface area contributed by atoms with Crippen LogP contribution in [0.3, 0.4) is 0 Å². The normalized spacial score (nSPS) is 16.5. The summed E-state index contributed by atoms with van der Waals surface area (Å²) < 4.78 is 0. The number of nitrogens with one attached hydrogen (secondary N) is 1. The number of aryl methyl sites for hydroxylation is 2. The number of benzene rings is 1. The Balaban J connectivity index is 2.24. The number of piperazine rings is 1. The van der Waals surface area contributed by atoms with Gasteiger partial charge in [0.2, 0.25) is 0 Å². The largest absolute Gasteiger partial charge is 0.369 e. The van der Waals surface area contributed by atoms with E-state index in [1.54, 1.807) is 0 Å². The van der Waals surface area contributed by atoms with Crippen molar-refractivity contribution in [1.82, 2.24) is 5.32 Å². The first-order valence-corrected chi connectivity index (χ1v) is 6.42. The fraction of sp³-hybridized carbons (Fsp3) is 0.571. The van der Waals surface area contributed by atoms with Crippen molar-refractivity contribution in [1.29, 1.82) is 0 Å². The molecule has 1 aromatic carbocycles. The third-order valence-electron chi connectivity index (χ3n) is 3.34. The van der Waals surface area contributed by atoms with Crippen LogP contribution in [-0.2, 0) is 12.8 Å². The van der Waals surface area contributed by atoms with Gasteiger partial charge in [0.25, 0.3) is 0 Å². The first-order chi connectivity index (χ1) is 7.83. The molecule has 88 valence electrons. The lowest BCUT2D eigenvalue weighted by Crippen LogP contribution is -2.43. The van der Waals surface area contributed by atoms with Gasteiger partial charge < -0.3 is 10.2 Å². The smallest absolute Gasteiger partial charge is 0.0372 e. The molecule has 1 fully saturated rings. The van der Waals surface area contributed by atoms with E-state index in [1.165, 1.54) is 16.8 Å². The Kier molecular flexibility index (Phi) is 3.83. The lowest BCUT2D eigenvalue weighted by Gasteiger charge is -2.30. The Morgan fingerprint density at radius 1 is 1.00 bits per heavy atom. The van der Waals surface area contributed by atoms with Gasteiger partial charge in [0, 0.05) is 31.9 Å². The van der Waals surface area contributed by atoms with Gasteiger partial charge in [-0.1, -0.05) is 19.9 Å². The maximum Gasteiger partial charge on any atom is 0.0372 e. The highest BCUT2D eigenvalue weighted by atomic mass is 15.2. The minimum Gasteiger partial charge on any atom is -0.369 e. The van der Waals surface area contributed by atoms with Crippen LogP contribution in [0.15, 0.2) is 18.2 Å². The average Bonchev–Trinajstić information content (AvgIpc) is 2.39. The van der Waals surface area contributed by atoms with Crippen molar-refractivity contribution < 1.29 is 0 Å². The van der Waals surface area contributed by atoms with Crippen molar-refractivity contribution in [2.24, 2.45) is 0 Å². The molecule has 0 radical (unpaired) electrons. The lowest BCUT2D eigenvalue weighted by atomic mass is 10.0. The SMILES string of the molecule is CCc1cc(CC)cc(N2CCNCC2)c1. The zero-order valence-electron chi connectivity index (χ0n) is 10.4. The minimum atomic E-state index is 1.11. The van der Waals surface area contributed by atoms with E-state index in [-0.39, 0.29) is 0 Å². The zero-order chi connectivity index (χ0) is 11.4. The Bertz CT molecular complexity index is 318. The third kappa shape index (κ3) is 2.56. The molecule has 1 aromatic rings. The summed E-state index contributed by atoms with van der Waals surface area (Å²) in [7, 11) is 0. The topological polar surface area (TPSA) is 15.3 Å². The summed E-state index contributed by atoms with van der Waals surface area (Å²) in [6.45, 7) is 8.95.